The minimum absolute atomic E-state index is 0.0352. The van der Waals surface area contributed by atoms with Crippen molar-refractivity contribution in [2.24, 2.45) is 0 Å². The molecule has 0 saturated carbocycles. The third-order valence-electron chi connectivity index (χ3n) is 5.03. The molecule has 30 heavy (non-hydrogen) atoms. The Morgan fingerprint density at radius 3 is 2.90 bits per heavy atom. The van der Waals surface area contributed by atoms with E-state index in [9.17, 15) is 4.79 Å². The van der Waals surface area contributed by atoms with Crippen LogP contribution < -0.4 is 10.6 Å². The molecule has 4 heterocycles. The van der Waals surface area contributed by atoms with Crippen LogP contribution in [-0.4, -0.2) is 61.5 Å². The molecule has 1 fully saturated rings. The van der Waals surface area contributed by atoms with E-state index in [1.54, 1.807) is 31.8 Å². The number of aromatic nitrogens is 6. The SMILES string of the molecule is CNC(=O)CCCn1cc(-n2ccnc2-c2cnc(NCC3CCCO3)nc2)cn1. The standard InChI is InChI=1S/C20H26N8O2/c1-21-18(29)5-2-7-27-14-16(12-26-27)28-8-6-22-19(28)15-10-23-20(24-11-15)25-13-17-4-3-9-30-17/h6,8,10-12,14,17H,2-5,7,9,13H2,1H3,(H,21,29)(H,23,24,25). The van der Waals surface area contributed by atoms with Crippen LogP contribution in [0.5, 0.6) is 0 Å². The number of aryl methyl sites for hydroxylation is 1. The Kier molecular flexibility index (Phi) is 6.33. The number of imidazole rings is 1. The molecule has 0 radical (unpaired) electrons. The molecule has 0 aromatic carbocycles. The zero-order valence-electron chi connectivity index (χ0n) is 17.0. The van der Waals surface area contributed by atoms with Crippen molar-refractivity contribution in [1.82, 2.24) is 34.6 Å². The Balaban J connectivity index is 1.40. The van der Waals surface area contributed by atoms with Gasteiger partial charge in [0.1, 0.15) is 5.82 Å². The van der Waals surface area contributed by atoms with Crippen molar-refractivity contribution in [3.8, 4) is 17.1 Å². The Labute approximate surface area is 174 Å². The van der Waals surface area contributed by atoms with Gasteiger partial charge in [-0.3, -0.25) is 14.0 Å². The maximum absolute atomic E-state index is 11.4. The molecule has 10 heteroatoms. The molecule has 4 rings (SSSR count). The summed E-state index contributed by atoms with van der Waals surface area (Å²) < 4.78 is 9.38. The van der Waals surface area contributed by atoms with Crippen molar-refractivity contribution in [3.63, 3.8) is 0 Å². The van der Waals surface area contributed by atoms with Crippen molar-refractivity contribution in [1.29, 1.82) is 0 Å². The summed E-state index contributed by atoms with van der Waals surface area (Å²) in [5.41, 5.74) is 1.71. The molecule has 158 valence electrons. The lowest BCUT2D eigenvalue weighted by atomic mass is 10.2. The van der Waals surface area contributed by atoms with E-state index in [0.29, 0.717) is 25.5 Å². The predicted octanol–water partition coefficient (Wildman–Crippen LogP) is 1.64. The summed E-state index contributed by atoms with van der Waals surface area (Å²) in [4.78, 5) is 24.6. The number of nitrogens with one attached hydrogen (secondary N) is 2. The first kappa shape index (κ1) is 20.0. The number of anilines is 1. The second-order valence-electron chi connectivity index (χ2n) is 7.17. The molecular weight excluding hydrogens is 384 g/mol. The van der Waals surface area contributed by atoms with Gasteiger partial charge >= 0.3 is 0 Å². The lowest BCUT2D eigenvalue weighted by Gasteiger charge is -2.10. The molecule has 0 aliphatic carbocycles. The van der Waals surface area contributed by atoms with E-state index in [4.69, 9.17) is 4.74 Å². The van der Waals surface area contributed by atoms with Crippen LogP contribution in [0.3, 0.4) is 0 Å². The van der Waals surface area contributed by atoms with Crippen LogP contribution in [0.25, 0.3) is 17.1 Å². The summed E-state index contributed by atoms with van der Waals surface area (Å²) in [6, 6.07) is 0. The lowest BCUT2D eigenvalue weighted by molar-refractivity contribution is -0.120. The molecule has 0 bridgehead atoms. The average molecular weight is 410 g/mol. The Morgan fingerprint density at radius 2 is 2.13 bits per heavy atom. The molecule has 1 amide bonds. The zero-order chi connectivity index (χ0) is 20.8. The minimum Gasteiger partial charge on any atom is -0.376 e. The molecular formula is C20H26N8O2. The molecule has 2 N–H and O–H groups in total. The largest absolute Gasteiger partial charge is 0.376 e. The van der Waals surface area contributed by atoms with E-state index in [-0.39, 0.29) is 12.0 Å². The second-order valence-corrected chi connectivity index (χ2v) is 7.17. The van der Waals surface area contributed by atoms with Gasteiger partial charge < -0.3 is 15.4 Å². The van der Waals surface area contributed by atoms with Crippen LogP contribution in [0.2, 0.25) is 0 Å². The lowest BCUT2D eigenvalue weighted by Crippen LogP contribution is -2.19. The van der Waals surface area contributed by atoms with Crippen molar-refractivity contribution in [2.75, 3.05) is 25.5 Å². The number of hydrogen-bond donors (Lipinski definition) is 2. The van der Waals surface area contributed by atoms with Crippen LogP contribution >= 0.6 is 0 Å². The summed E-state index contributed by atoms with van der Waals surface area (Å²) >= 11 is 0. The first-order valence-corrected chi connectivity index (χ1v) is 10.2. The number of amides is 1. The van der Waals surface area contributed by atoms with Crippen LogP contribution in [0.1, 0.15) is 25.7 Å². The fourth-order valence-corrected chi connectivity index (χ4v) is 3.40. The van der Waals surface area contributed by atoms with Gasteiger partial charge in [0.05, 0.1) is 23.6 Å². The molecule has 3 aromatic heterocycles. The van der Waals surface area contributed by atoms with Crippen LogP contribution in [-0.2, 0) is 16.1 Å². The van der Waals surface area contributed by atoms with Crippen molar-refractivity contribution in [2.45, 2.75) is 38.3 Å². The van der Waals surface area contributed by atoms with Crippen molar-refractivity contribution >= 4 is 11.9 Å². The smallest absolute Gasteiger partial charge is 0.222 e. The second kappa shape index (κ2) is 9.49. The molecule has 1 aliphatic rings. The molecule has 1 aliphatic heterocycles. The van der Waals surface area contributed by atoms with E-state index in [2.05, 4.69) is 30.7 Å². The number of hydrogen-bond acceptors (Lipinski definition) is 7. The maximum Gasteiger partial charge on any atom is 0.222 e. The van der Waals surface area contributed by atoms with Gasteiger partial charge in [0, 0.05) is 64.1 Å². The highest BCUT2D eigenvalue weighted by atomic mass is 16.5. The topological polar surface area (TPSA) is 112 Å². The molecule has 1 unspecified atom stereocenters. The van der Waals surface area contributed by atoms with Crippen molar-refractivity contribution in [3.05, 3.63) is 37.2 Å². The fraction of sp³-hybridized carbons (Fsp3) is 0.450. The van der Waals surface area contributed by atoms with Crippen LogP contribution in [0.4, 0.5) is 5.95 Å². The third kappa shape index (κ3) is 4.82. The van der Waals surface area contributed by atoms with Gasteiger partial charge in [-0.05, 0) is 19.3 Å². The number of carbonyl (C=O) groups excluding carboxylic acids is 1. The maximum atomic E-state index is 11.4. The number of nitrogens with zero attached hydrogens (tertiary/aromatic N) is 6. The van der Waals surface area contributed by atoms with E-state index < -0.39 is 0 Å². The van der Waals surface area contributed by atoms with Gasteiger partial charge in [0.15, 0.2) is 0 Å². The van der Waals surface area contributed by atoms with E-state index in [0.717, 1.165) is 42.9 Å². The number of carbonyl (C=O) groups is 1. The van der Waals surface area contributed by atoms with Gasteiger partial charge in [0.2, 0.25) is 11.9 Å². The average Bonchev–Trinajstić information content (AvgIpc) is 3.54. The quantitative estimate of drug-likeness (QED) is 0.551. The highest BCUT2D eigenvalue weighted by molar-refractivity contribution is 5.75. The van der Waals surface area contributed by atoms with Crippen LogP contribution in [0, 0.1) is 0 Å². The van der Waals surface area contributed by atoms with Gasteiger partial charge in [-0.25, -0.2) is 15.0 Å². The molecule has 1 saturated heterocycles. The summed E-state index contributed by atoms with van der Waals surface area (Å²) in [6.45, 7) is 2.22. The van der Waals surface area contributed by atoms with Crippen molar-refractivity contribution < 1.29 is 9.53 Å². The zero-order valence-corrected chi connectivity index (χ0v) is 17.0. The first-order chi connectivity index (χ1) is 14.7. The summed E-state index contributed by atoms with van der Waals surface area (Å²) in [6.07, 6.45) is 14.5. The van der Waals surface area contributed by atoms with E-state index in [1.165, 1.54) is 0 Å². The molecule has 1 atom stereocenters. The van der Waals surface area contributed by atoms with E-state index in [1.807, 2.05) is 21.6 Å². The minimum atomic E-state index is 0.0352. The summed E-state index contributed by atoms with van der Waals surface area (Å²) in [5.74, 6) is 1.36. The molecule has 10 nitrogen and oxygen atoms in total. The summed E-state index contributed by atoms with van der Waals surface area (Å²) in [5, 5.41) is 10.2. The monoisotopic (exact) mass is 410 g/mol. The predicted molar refractivity (Wildman–Crippen MR) is 111 cm³/mol. The number of ether oxygens (including phenoxy) is 1. The Morgan fingerprint density at radius 1 is 1.27 bits per heavy atom. The van der Waals surface area contributed by atoms with Gasteiger partial charge in [-0.15, -0.1) is 0 Å². The highest BCUT2D eigenvalue weighted by Gasteiger charge is 2.16. The molecule has 0 spiro atoms. The Bertz CT molecular complexity index is 959. The first-order valence-electron chi connectivity index (χ1n) is 10.2. The van der Waals surface area contributed by atoms with Gasteiger partial charge in [-0.2, -0.15) is 5.10 Å². The van der Waals surface area contributed by atoms with Crippen LogP contribution in [0.15, 0.2) is 37.2 Å². The Hall–Kier alpha value is -3.27. The third-order valence-corrected chi connectivity index (χ3v) is 5.03. The fourth-order valence-electron chi connectivity index (χ4n) is 3.40. The highest BCUT2D eigenvalue weighted by Crippen LogP contribution is 2.21. The number of rotatable bonds is 9. The molecule has 3 aromatic rings. The van der Waals surface area contributed by atoms with Gasteiger partial charge in [-0.1, -0.05) is 0 Å². The van der Waals surface area contributed by atoms with Gasteiger partial charge in [0.25, 0.3) is 0 Å². The summed E-state index contributed by atoms with van der Waals surface area (Å²) in [7, 11) is 1.64. The van der Waals surface area contributed by atoms with E-state index >= 15 is 0 Å². The normalized spacial score (nSPS) is 16.0.